The molecule has 2 aromatic rings. The third kappa shape index (κ3) is 2.69. The summed E-state index contributed by atoms with van der Waals surface area (Å²) in [7, 11) is 0. The second kappa shape index (κ2) is 5.64. The molecule has 2 heterocycles. The number of nitrogens with zero attached hydrogens (tertiary/aromatic N) is 1. The van der Waals surface area contributed by atoms with E-state index in [1.165, 1.54) is 0 Å². The van der Waals surface area contributed by atoms with Crippen LogP contribution < -0.4 is 11.1 Å². The molecule has 1 fully saturated rings. The quantitative estimate of drug-likeness (QED) is 0.849. The van der Waals surface area contributed by atoms with Crippen molar-refractivity contribution in [2.24, 2.45) is 0 Å². The van der Waals surface area contributed by atoms with Gasteiger partial charge < -0.3 is 11.1 Å². The topological polar surface area (TPSA) is 58.4 Å². The van der Waals surface area contributed by atoms with Crippen molar-refractivity contribution in [2.75, 3.05) is 18.8 Å². The molecule has 5 heteroatoms. The summed E-state index contributed by atoms with van der Waals surface area (Å²) in [5.74, 6) is 0.0857. The van der Waals surface area contributed by atoms with Crippen LogP contribution in [0.5, 0.6) is 0 Å². The predicted octanol–water partition coefficient (Wildman–Crippen LogP) is 2.00. The first-order chi connectivity index (χ1) is 9.74. The minimum atomic E-state index is -0.190. The standard InChI is InChI=1S/C15H17N3OS/c16-12-4-1-3-11(9-12)10-18-7-6-17-15(19)14(18)13-5-2-8-20-13/h1-5,8-9,14H,6-7,10,16H2,(H,17,19). The van der Waals surface area contributed by atoms with Crippen molar-refractivity contribution in [3.63, 3.8) is 0 Å². The summed E-state index contributed by atoms with van der Waals surface area (Å²) in [6.07, 6.45) is 0. The average molecular weight is 287 g/mol. The van der Waals surface area contributed by atoms with Crippen molar-refractivity contribution in [1.29, 1.82) is 0 Å². The van der Waals surface area contributed by atoms with Gasteiger partial charge in [-0.25, -0.2) is 0 Å². The molecule has 1 atom stereocenters. The van der Waals surface area contributed by atoms with Gasteiger partial charge in [0.2, 0.25) is 5.91 Å². The van der Waals surface area contributed by atoms with E-state index in [9.17, 15) is 4.79 Å². The molecule has 1 aliphatic rings. The van der Waals surface area contributed by atoms with Gasteiger partial charge in [-0.05, 0) is 29.1 Å². The lowest BCUT2D eigenvalue weighted by Crippen LogP contribution is -2.49. The maximum atomic E-state index is 12.2. The summed E-state index contributed by atoms with van der Waals surface area (Å²) in [5.41, 5.74) is 7.73. The molecule has 1 aromatic heterocycles. The molecule has 4 nitrogen and oxygen atoms in total. The number of nitrogen functional groups attached to an aromatic ring is 1. The highest BCUT2D eigenvalue weighted by atomic mass is 32.1. The summed E-state index contributed by atoms with van der Waals surface area (Å²) < 4.78 is 0. The number of hydrogen-bond acceptors (Lipinski definition) is 4. The highest BCUT2D eigenvalue weighted by Crippen LogP contribution is 2.28. The lowest BCUT2D eigenvalue weighted by molar-refractivity contribution is -0.129. The van der Waals surface area contributed by atoms with E-state index in [0.29, 0.717) is 6.54 Å². The van der Waals surface area contributed by atoms with E-state index < -0.39 is 0 Å². The van der Waals surface area contributed by atoms with Crippen LogP contribution in [0.15, 0.2) is 41.8 Å². The third-order valence-corrected chi connectivity index (χ3v) is 4.39. The maximum absolute atomic E-state index is 12.2. The molecular weight excluding hydrogens is 270 g/mol. The summed E-state index contributed by atoms with van der Waals surface area (Å²) in [5, 5.41) is 4.96. The fraction of sp³-hybridized carbons (Fsp3) is 0.267. The first kappa shape index (κ1) is 13.1. The summed E-state index contributed by atoms with van der Waals surface area (Å²) in [6.45, 7) is 2.28. The molecule has 0 saturated carbocycles. The number of nitrogens with one attached hydrogen (secondary N) is 1. The van der Waals surface area contributed by atoms with Crippen LogP contribution in [0.2, 0.25) is 0 Å². The Morgan fingerprint density at radius 3 is 3.00 bits per heavy atom. The highest BCUT2D eigenvalue weighted by Gasteiger charge is 2.31. The first-order valence-corrected chi connectivity index (χ1v) is 7.51. The molecule has 0 radical (unpaired) electrons. The highest BCUT2D eigenvalue weighted by molar-refractivity contribution is 7.10. The number of carbonyl (C=O) groups excluding carboxylic acids is 1. The minimum Gasteiger partial charge on any atom is -0.399 e. The smallest absolute Gasteiger partial charge is 0.242 e. The zero-order valence-electron chi connectivity index (χ0n) is 11.1. The van der Waals surface area contributed by atoms with E-state index in [4.69, 9.17) is 5.73 Å². The Bertz CT molecular complexity index is 597. The normalized spacial score (nSPS) is 19.8. The van der Waals surface area contributed by atoms with Gasteiger partial charge in [0, 0.05) is 30.2 Å². The van der Waals surface area contributed by atoms with Gasteiger partial charge in [-0.3, -0.25) is 9.69 Å². The number of carbonyl (C=O) groups is 1. The maximum Gasteiger partial charge on any atom is 0.242 e. The number of piperazine rings is 1. The lowest BCUT2D eigenvalue weighted by Gasteiger charge is -2.34. The molecule has 1 saturated heterocycles. The van der Waals surface area contributed by atoms with Gasteiger partial charge in [0.15, 0.2) is 0 Å². The minimum absolute atomic E-state index is 0.0857. The molecule has 104 valence electrons. The number of amides is 1. The van der Waals surface area contributed by atoms with Gasteiger partial charge in [-0.1, -0.05) is 18.2 Å². The molecule has 0 bridgehead atoms. The Kier molecular flexibility index (Phi) is 3.71. The van der Waals surface area contributed by atoms with Crippen LogP contribution in [0.1, 0.15) is 16.5 Å². The zero-order valence-corrected chi connectivity index (χ0v) is 11.9. The van der Waals surface area contributed by atoms with Gasteiger partial charge in [0.25, 0.3) is 0 Å². The molecule has 3 rings (SSSR count). The van der Waals surface area contributed by atoms with Crippen LogP contribution >= 0.6 is 11.3 Å². The van der Waals surface area contributed by atoms with Crippen molar-refractivity contribution in [1.82, 2.24) is 10.2 Å². The van der Waals surface area contributed by atoms with Crippen LogP contribution in [-0.4, -0.2) is 23.9 Å². The van der Waals surface area contributed by atoms with Crippen molar-refractivity contribution >= 4 is 22.9 Å². The number of nitrogens with two attached hydrogens (primary N) is 1. The third-order valence-electron chi connectivity index (χ3n) is 3.46. The molecule has 3 N–H and O–H groups in total. The fourth-order valence-corrected chi connectivity index (χ4v) is 3.42. The van der Waals surface area contributed by atoms with E-state index >= 15 is 0 Å². The second-order valence-electron chi connectivity index (χ2n) is 4.92. The summed E-state index contributed by atoms with van der Waals surface area (Å²) >= 11 is 1.62. The Morgan fingerprint density at radius 1 is 1.35 bits per heavy atom. The number of anilines is 1. The molecule has 1 aliphatic heterocycles. The van der Waals surface area contributed by atoms with Gasteiger partial charge in [-0.2, -0.15) is 0 Å². The zero-order chi connectivity index (χ0) is 13.9. The fourth-order valence-electron chi connectivity index (χ4n) is 2.57. The van der Waals surface area contributed by atoms with Gasteiger partial charge in [0.05, 0.1) is 0 Å². The molecule has 1 aromatic carbocycles. The second-order valence-corrected chi connectivity index (χ2v) is 5.90. The largest absolute Gasteiger partial charge is 0.399 e. The van der Waals surface area contributed by atoms with Crippen LogP contribution in [0.4, 0.5) is 5.69 Å². The van der Waals surface area contributed by atoms with Gasteiger partial charge in [0.1, 0.15) is 6.04 Å². The predicted molar refractivity (Wildman–Crippen MR) is 81.3 cm³/mol. The first-order valence-electron chi connectivity index (χ1n) is 6.63. The van der Waals surface area contributed by atoms with Crippen LogP contribution in [0.3, 0.4) is 0 Å². The van der Waals surface area contributed by atoms with Crippen molar-refractivity contribution in [3.05, 3.63) is 52.2 Å². The number of benzene rings is 1. The Hall–Kier alpha value is -1.85. The lowest BCUT2D eigenvalue weighted by atomic mass is 10.1. The number of thiophene rings is 1. The Morgan fingerprint density at radius 2 is 2.25 bits per heavy atom. The van der Waals surface area contributed by atoms with E-state index in [0.717, 1.165) is 29.2 Å². The summed E-state index contributed by atoms with van der Waals surface area (Å²) in [6, 6.07) is 11.7. The van der Waals surface area contributed by atoms with Crippen LogP contribution in [0.25, 0.3) is 0 Å². The number of hydrogen-bond donors (Lipinski definition) is 2. The molecule has 1 amide bonds. The van der Waals surface area contributed by atoms with Crippen molar-refractivity contribution in [3.8, 4) is 0 Å². The summed E-state index contributed by atoms with van der Waals surface area (Å²) in [4.78, 5) is 15.5. The average Bonchev–Trinajstić information content (AvgIpc) is 2.92. The molecule has 1 unspecified atom stereocenters. The molecule has 0 aliphatic carbocycles. The van der Waals surface area contributed by atoms with Crippen LogP contribution in [-0.2, 0) is 11.3 Å². The van der Waals surface area contributed by atoms with E-state index in [1.54, 1.807) is 11.3 Å². The number of rotatable bonds is 3. The molecular formula is C15H17N3OS. The SMILES string of the molecule is Nc1cccc(CN2CCNC(=O)C2c2cccs2)c1. The van der Waals surface area contributed by atoms with Crippen molar-refractivity contribution < 1.29 is 4.79 Å². The molecule has 20 heavy (non-hydrogen) atoms. The van der Waals surface area contributed by atoms with E-state index in [2.05, 4.69) is 10.2 Å². The van der Waals surface area contributed by atoms with E-state index in [-0.39, 0.29) is 11.9 Å². The van der Waals surface area contributed by atoms with E-state index in [1.807, 2.05) is 41.8 Å². The monoisotopic (exact) mass is 287 g/mol. The molecule has 0 spiro atoms. The van der Waals surface area contributed by atoms with Gasteiger partial charge >= 0.3 is 0 Å². The van der Waals surface area contributed by atoms with Crippen LogP contribution in [0, 0.1) is 0 Å². The van der Waals surface area contributed by atoms with Crippen molar-refractivity contribution in [2.45, 2.75) is 12.6 Å². The Labute approximate surface area is 122 Å². The Balaban J connectivity index is 1.84. The van der Waals surface area contributed by atoms with Gasteiger partial charge in [-0.15, -0.1) is 11.3 Å².